The van der Waals surface area contributed by atoms with E-state index in [-0.39, 0.29) is 17.0 Å². The van der Waals surface area contributed by atoms with E-state index in [0.717, 1.165) is 32.5 Å². The van der Waals surface area contributed by atoms with Gasteiger partial charge in [0.25, 0.3) is 0 Å². The maximum Gasteiger partial charge on any atom is 0.222 e. The molecule has 0 aliphatic carbocycles. The normalized spacial score (nSPS) is 15.3. The second-order valence-corrected chi connectivity index (χ2v) is 5.37. The highest BCUT2D eigenvalue weighted by Gasteiger charge is 2.14. The largest absolute Gasteiger partial charge is 1.00 e. The van der Waals surface area contributed by atoms with Crippen LogP contribution in [0.5, 0.6) is 0 Å². The Kier molecular flexibility index (Phi) is 8.51. The predicted molar refractivity (Wildman–Crippen MR) is 75.5 cm³/mol. The van der Waals surface area contributed by atoms with E-state index in [2.05, 4.69) is 21.9 Å². The first-order valence-electron chi connectivity index (χ1n) is 7.58. The molecule has 1 fully saturated rings. The quantitative estimate of drug-likeness (QED) is 0.526. The van der Waals surface area contributed by atoms with Crippen molar-refractivity contribution in [3.63, 3.8) is 0 Å². The van der Waals surface area contributed by atoms with E-state index < -0.39 is 0 Å². The minimum atomic E-state index is 0. The minimum Gasteiger partial charge on any atom is -1.00 e. The van der Waals surface area contributed by atoms with Crippen molar-refractivity contribution in [1.29, 1.82) is 0 Å². The minimum absolute atomic E-state index is 0. The lowest BCUT2D eigenvalue weighted by Gasteiger charge is -2.19. The van der Waals surface area contributed by atoms with E-state index in [1.807, 2.05) is 18.2 Å². The summed E-state index contributed by atoms with van der Waals surface area (Å²) in [7, 11) is 0. The third-order valence-electron chi connectivity index (χ3n) is 3.79. The van der Waals surface area contributed by atoms with E-state index in [1.54, 1.807) is 0 Å². The van der Waals surface area contributed by atoms with Gasteiger partial charge in [-0.25, -0.2) is 4.57 Å². The standard InChI is InChI=1S/C16H25N2O.BrH/c19-16(18-14-7-1-2-8-15-18)10-4-9-13-17-11-5-3-6-12-17;/h3,5-6,11-12H,1-2,4,7-10,13-15H2;1H/q+1;/p-1. The van der Waals surface area contributed by atoms with Crippen LogP contribution in [-0.4, -0.2) is 23.9 Å². The number of aryl methyl sites for hydroxylation is 1. The molecule has 0 aromatic carbocycles. The summed E-state index contributed by atoms with van der Waals surface area (Å²) >= 11 is 0. The first-order chi connectivity index (χ1) is 9.36. The molecule has 3 nitrogen and oxygen atoms in total. The first-order valence-corrected chi connectivity index (χ1v) is 7.58. The van der Waals surface area contributed by atoms with Gasteiger partial charge in [0, 0.05) is 38.1 Å². The smallest absolute Gasteiger partial charge is 0.222 e. The van der Waals surface area contributed by atoms with Crippen molar-refractivity contribution >= 4 is 5.91 Å². The zero-order chi connectivity index (χ0) is 13.3. The number of hydrogen-bond donors (Lipinski definition) is 0. The molecule has 112 valence electrons. The summed E-state index contributed by atoms with van der Waals surface area (Å²) in [5, 5.41) is 0. The van der Waals surface area contributed by atoms with Gasteiger partial charge in [-0.05, 0) is 19.3 Å². The highest BCUT2D eigenvalue weighted by Crippen LogP contribution is 2.11. The van der Waals surface area contributed by atoms with Gasteiger partial charge < -0.3 is 21.9 Å². The van der Waals surface area contributed by atoms with Gasteiger partial charge in [-0.2, -0.15) is 0 Å². The van der Waals surface area contributed by atoms with Crippen LogP contribution in [0.2, 0.25) is 0 Å². The molecule has 0 unspecified atom stereocenters. The topological polar surface area (TPSA) is 24.2 Å². The van der Waals surface area contributed by atoms with Gasteiger partial charge >= 0.3 is 0 Å². The van der Waals surface area contributed by atoms with Gasteiger partial charge in [0.2, 0.25) is 5.91 Å². The summed E-state index contributed by atoms with van der Waals surface area (Å²) in [6.45, 7) is 2.96. The van der Waals surface area contributed by atoms with Gasteiger partial charge in [0.15, 0.2) is 12.4 Å². The van der Waals surface area contributed by atoms with E-state index in [9.17, 15) is 4.79 Å². The van der Waals surface area contributed by atoms with E-state index in [1.165, 1.54) is 25.7 Å². The first kappa shape index (κ1) is 17.2. The average Bonchev–Trinajstić information content (AvgIpc) is 2.73. The Balaban J connectivity index is 0.00000200. The van der Waals surface area contributed by atoms with Gasteiger partial charge in [0.05, 0.1) is 0 Å². The Hall–Kier alpha value is -0.900. The summed E-state index contributed by atoms with van der Waals surface area (Å²) in [4.78, 5) is 14.2. The molecular formula is C16H25BrN2O. The number of pyridine rings is 1. The van der Waals surface area contributed by atoms with Crippen LogP contribution in [0.3, 0.4) is 0 Å². The molecule has 1 aromatic heterocycles. The van der Waals surface area contributed by atoms with Gasteiger partial charge in [-0.1, -0.05) is 18.9 Å². The molecule has 1 amide bonds. The Morgan fingerprint density at radius 3 is 2.25 bits per heavy atom. The molecule has 0 spiro atoms. The van der Waals surface area contributed by atoms with Crippen LogP contribution in [0.15, 0.2) is 30.6 Å². The SMILES string of the molecule is O=C(CCCC[n+]1ccccc1)N1CCCCCC1.[Br-]. The fourth-order valence-corrected chi connectivity index (χ4v) is 2.63. The van der Waals surface area contributed by atoms with Gasteiger partial charge in [0.1, 0.15) is 6.54 Å². The number of amides is 1. The molecule has 0 radical (unpaired) electrons. The summed E-state index contributed by atoms with van der Waals surface area (Å²) in [5.41, 5.74) is 0. The molecule has 0 N–H and O–H groups in total. The summed E-state index contributed by atoms with van der Waals surface area (Å²) < 4.78 is 2.18. The second kappa shape index (κ2) is 9.92. The maximum atomic E-state index is 12.1. The van der Waals surface area contributed by atoms with Crippen molar-refractivity contribution in [2.75, 3.05) is 13.1 Å². The number of aromatic nitrogens is 1. The lowest BCUT2D eigenvalue weighted by atomic mass is 10.2. The van der Waals surface area contributed by atoms with Crippen LogP contribution in [0, 0.1) is 0 Å². The van der Waals surface area contributed by atoms with E-state index in [0.29, 0.717) is 12.3 Å². The number of halogens is 1. The number of nitrogens with zero attached hydrogens (tertiary/aromatic N) is 2. The number of likely N-dealkylation sites (tertiary alicyclic amines) is 1. The average molecular weight is 341 g/mol. The van der Waals surface area contributed by atoms with Crippen LogP contribution in [0.1, 0.15) is 44.9 Å². The van der Waals surface area contributed by atoms with Gasteiger partial charge in [-0.15, -0.1) is 0 Å². The maximum absolute atomic E-state index is 12.1. The molecule has 0 bridgehead atoms. The molecule has 1 aliphatic rings. The number of unbranched alkanes of at least 4 members (excludes halogenated alkanes) is 1. The fourth-order valence-electron chi connectivity index (χ4n) is 2.63. The molecule has 0 atom stereocenters. The Morgan fingerprint density at radius 2 is 1.60 bits per heavy atom. The monoisotopic (exact) mass is 340 g/mol. The molecule has 0 saturated carbocycles. The third-order valence-corrected chi connectivity index (χ3v) is 3.79. The van der Waals surface area contributed by atoms with Crippen molar-refractivity contribution in [2.24, 2.45) is 0 Å². The Bertz CT molecular complexity index is 375. The van der Waals surface area contributed by atoms with Gasteiger partial charge in [-0.3, -0.25) is 4.79 Å². The van der Waals surface area contributed by atoms with Crippen LogP contribution >= 0.6 is 0 Å². The number of hydrogen-bond acceptors (Lipinski definition) is 1. The molecule has 20 heavy (non-hydrogen) atoms. The zero-order valence-electron chi connectivity index (χ0n) is 12.1. The Labute approximate surface area is 132 Å². The molecule has 1 aromatic rings. The van der Waals surface area contributed by atoms with Crippen LogP contribution < -0.4 is 21.5 Å². The van der Waals surface area contributed by atoms with Crippen molar-refractivity contribution < 1.29 is 26.3 Å². The number of carbonyl (C=O) groups excluding carboxylic acids is 1. The highest BCUT2D eigenvalue weighted by atomic mass is 79.9. The molecule has 1 saturated heterocycles. The number of rotatable bonds is 5. The Morgan fingerprint density at radius 1 is 0.950 bits per heavy atom. The fraction of sp³-hybridized carbons (Fsp3) is 0.625. The van der Waals surface area contributed by atoms with Crippen molar-refractivity contribution in [3.8, 4) is 0 Å². The molecule has 2 rings (SSSR count). The second-order valence-electron chi connectivity index (χ2n) is 5.37. The van der Waals surface area contributed by atoms with Crippen LogP contribution in [0.4, 0.5) is 0 Å². The van der Waals surface area contributed by atoms with Crippen molar-refractivity contribution in [2.45, 2.75) is 51.5 Å². The highest BCUT2D eigenvalue weighted by molar-refractivity contribution is 5.76. The molecular weight excluding hydrogens is 316 g/mol. The molecule has 1 aliphatic heterocycles. The van der Waals surface area contributed by atoms with Crippen LogP contribution in [0.25, 0.3) is 0 Å². The predicted octanol–water partition coefficient (Wildman–Crippen LogP) is -0.449. The third kappa shape index (κ3) is 6.04. The van der Waals surface area contributed by atoms with Crippen molar-refractivity contribution in [1.82, 2.24) is 4.90 Å². The molecule has 2 heterocycles. The summed E-state index contributed by atoms with van der Waals surface area (Å²) in [5.74, 6) is 0.361. The van der Waals surface area contributed by atoms with E-state index >= 15 is 0 Å². The lowest BCUT2D eigenvalue weighted by molar-refractivity contribution is -0.697. The number of carbonyl (C=O) groups is 1. The zero-order valence-corrected chi connectivity index (χ0v) is 13.7. The summed E-state index contributed by atoms with van der Waals surface area (Å²) in [6.07, 6.45) is 11.9. The van der Waals surface area contributed by atoms with Crippen molar-refractivity contribution in [3.05, 3.63) is 30.6 Å². The molecule has 4 heteroatoms. The lowest BCUT2D eigenvalue weighted by Crippen LogP contribution is -3.00. The van der Waals surface area contributed by atoms with E-state index in [4.69, 9.17) is 0 Å². The summed E-state index contributed by atoms with van der Waals surface area (Å²) in [6, 6.07) is 6.12. The van der Waals surface area contributed by atoms with Crippen LogP contribution in [-0.2, 0) is 11.3 Å².